The number of nitrogens with one attached hydrogen (secondary N) is 2. The quantitative estimate of drug-likeness (QED) is 0.464. The maximum Gasteiger partial charge on any atom is 0.262 e. The third-order valence-corrected chi connectivity index (χ3v) is 5.98. The minimum Gasteiger partial charge on any atom is -0.484 e. The third-order valence-electron chi connectivity index (χ3n) is 3.71. The Bertz CT molecular complexity index is 852. The van der Waals surface area contributed by atoms with Crippen LogP contribution in [0.2, 0.25) is 0 Å². The summed E-state index contributed by atoms with van der Waals surface area (Å²) in [6.07, 6.45) is 3.64. The van der Waals surface area contributed by atoms with Crippen LogP contribution in [0.3, 0.4) is 0 Å². The number of hydrogen-bond acceptors (Lipinski definition) is 5. The Kier molecular flexibility index (Phi) is 8.15. The highest BCUT2D eigenvalue weighted by Crippen LogP contribution is 2.24. The first-order chi connectivity index (χ1) is 13.0. The molecule has 27 heavy (non-hydrogen) atoms. The topological polar surface area (TPSA) is 84.5 Å². The van der Waals surface area contributed by atoms with Crippen LogP contribution in [-0.2, 0) is 14.8 Å². The number of carbonyl (C=O) groups is 1. The maximum absolute atomic E-state index is 12.1. The van der Waals surface area contributed by atoms with Gasteiger partial charge in [-0.15, -0.1) is 11.8 Å². The Balaban J connectivity index is 1.90. The summed E-state index contributed by atoms with van der Waals surface area (Å²) in [7, 11) is -3.52. The van der Waals surface area contributed by atoms with E-state index in [-0.39, 0.29) is 17.4 Å². The van der Waals surface area contributed by atoms with Gasteiger partial charge in [0.15, 0.2) is 6.61 Å². The van der Waals surface area contributed by atoms with Crippen LogP contribution >= 0.6 is 11.8 Å². The largest absolute Gasteiger partial charge is 0.484 e. The Hall–Kier alpha value is -2.03. The molecule has 146 valence electrons. The number of thioether (sulfide) groups is 1. The molecule has 0 radical (unpaired) electrons. The van der Waals surface area contributed by atoms with Gasteiger partial charge in [-0.1, -0.05) is 25.5 Å². The third kappa shape index (κ3) is 6.57. The standard InChI is InChI=1S/C19H24N2O4S2/c1-3-4-13-20-27(23,24)16-11-9-15(10-12-16)25-14-19(22)21-17-7-5-6-8-18(17)26-2/h5-12,20H,3-4,13-14H2,1-2H3,(H,21,22). The number of ether oxygens (including phenoxy) is 1. The molecule has 0 spiro atoms. The van der Waals surface area contributed by atoms with Gasteiger partial charge < -0.3 is 10.1 Å². The van der Waals surface area contributed by atoms with Crippen LogP contribution in [0.5, 0.6) is 5.75 Å². The fraction of sp³-hybridized carbons (Fsp3) is 0.316. The van der Waals surface area contributed by atoms with Crippen molar-refractivity contribution in [3.05, 3.63) is 48.5 Å². The lowest BCUT2D eigenvalue weighted by Crippen LogP contribution is -2.24. The second-order valence-corrected chi connectivity index (χ2v) is 8.37. The number of benzene rings is 2. The van der Waals surface area contributed by atoms with Gasteiger partial charge in [-0.05, 0) is 49.1 Å². The lowest BCUT2D eigenvalue weighted by Gasteiger charge is -2.11. The van der Waals surface area contributed by atoms with Crippen molar-refractivity contribution in [2.24, 2.45) is 0 Å². The average molecular weight is 409 g/mol. The highest BCUT2D eigenvalue weighted by Gasteiger charge is 2.13. The molecule has 2 rings (SSSR count). The minimum atomic E-state index is -3.52. The summed E-state index contributed by atoms with van der Waals surface area (Å²) in [5.41, 5.74) is 0.734. The van der Waals surface area contributed by atoms with Crippen molar-refractivity contribution in [1.82, 2.24) is 4.72 Å². The van der Waals surface area contributed by atoms with Crippen LogP contribution in [-0.4, -0.2) is 33.7 Å². The number of hydrogen-bond donors (Lipinski definition) is 2. The Morgan fingerprint density at radius 3 is 2.48 bits per heavy atom. The van der Waals surface area contributed by atoms with Crippen molar-refractivity contribution in [1.29, 1.82) is 0 Å². The molecule has 6 nitrogen and oxygen atoms in total. The van der Waals surface area contributed by atoms with Gasteiger partial charge in [0.1, 0.15) is 5.75 Å². The molecule has 2 aromatic carbocycles. The van der Waals surface area contributed by atoms with Crippen LogP contribution in [0.15, 0.2) is 58.3 Å². The predicted molar refractivity (Wildman–Crippen MR) is 109 cm³/mol. The molecule has 2 N–H and O–H groups in total. The monoisotopic (exact) mass is 408 g/mol. The van der Waals surface area contributed by atoms with E-state index < -0.39 is 10.0 Å². The average Bonchev–Trinajstić information content (AvgIpc) is 2.67. The minimum absolute atomic E-state index is 0.163. The summed E-state index contributed by atoms with van der Waals surface area (Å²) in [5.74, 6) is 0.144. The van der Waals surface area contributed by atoms with Crippen LogP contribution in [0.1, 0.15) is 19.8 Å². The molecular weight excluding hydrogens is 384 g/mol. The molecule has 0 unspecified atom stereocenters. The van der Waals surface area contributed by atoms with Crippen molar-refractivity contribution in [3.8, 4) is 5.75 Å². The smallest absolute Gasteiger partial charge is 0.262 e. The molecule has 0 bridgehead atoms. The molecule has 0 fully saturated rings. The highest BCUT2D eigenvalue weighted by atomic mass is 32.2. The molecule has 0 saturated heterocycles. The van der Waals surface area contributed by atoms with Crippen LogP contribution in [0.4, 0.5) is 5.69 Å². The van der Waals surface area contributed by atoms with Crippen molar-refractivity contribution in [2.45, 2.75) is 29.6 Å². The molecule has 2 aromatic rings. The lowest BCUT2D eigenvalue weighted by atomic mass is 10.3. The van der Waals surface area contributed by atoms with Gasteiger partial charge in [0, 0.05) is 11.4 Å². The van der Waals surface area contributed by atoms with E-state index in [0.29, 0.717) is 12.3 Å². The van der Waals surface area contributed by atoms with E-state index in [0.717, 1.165) is 23.4 Å². The molecular formula is C19H24N2O4S2. The van der Waals surface area contributed by atoms with Crippen LogP contribution < -0.4 is 14.8 Å². The second kappa shape index (κ2) is 10.3. The second-order valence-electron chi connectivity index (χ2n) is 5.76. The van der Waals surface area contributed by atoms with E-state index in [1.165, 1.54) is 24.3 Å². The number of anilines is 1. The summed E-state index contributed by atoms with van der Waals surface area (Å²) in [4.78, 5) is 13.2. The molecule has 0 atom stereocenters. The van der Waals surface area contributed by atoms with E-state index in [4.69, 9.17) is 4.74 Å². The number of amides is 1. The van der Waals surface area contributed by atoms with E-state index in [2.05, 4.69) is 10.0 Å². The van der Waals surface area contributed by atoms with E-state index in [1.807, 2.05) is 37.4 Å². The zero-order valence-corrected chi connectivity index (χ0v) is 17.0. The van der Waals surface area contributed by atoms with Gasteiger partial charge in [0.05, 0.1) is 10.6 Å². The van der Waals surface area contributed by atoms with Gasteiger partial charge >= 0.3 is 0 Å². The zero-order chi connectivity index (χ0) is 19.7. The first kappa shape index (κ1) is 21.3. The SMILES string of the molecule is CCCCNS(=O)(=O)c1ccc(OCC(=O)Nc2ccccc2SC)cc1. The Morgan fingerprint density at radius 1 is 1.11 bits per heavy atom. The summed E-state index contributed by atoms with van der Waals surface area (Å²) in [6.45, 7) is 2.24. The van der Waals surface area contributed by atoms with Gasteiger partial charge in [0.2, 0.25) is 10.0 Å². The van der Waals surface area contributed by atoms with Crippen molar-refractivity contribution < 1.29 is 17.9 Å². The Labute approximate surface area is 164 Å². The fourth-order valence-corrected chi connectivity index (χ4v) is 3.89. The number of unbranched alkanes of at least 4 members (excludes halogenated alkanes) is 1. The van der Waals surface area contributed by atoms with E-state index in [9.17, 15) is 13.2 Å². The van der Waals surface area contributed by atoms with E-state index in [1.54, 1.807) is 11.8 Å². The summed E-state index contributed by atoms with van der Waals surface area (Å²) >= 11 is 1.54. The summed E-state index contributed by atoms with van der Waals surface area (Å²) < 4.78 is 32.3. The molecule has 0 saturated carbocycles. The highest BCUT2D eigenvalue weighted by molar-refractivity contribution is 7.98. The molecule has 0 heterocycles. The summed E-state index contributed by atoms with van der Waals surface area (Å²) in [5, 5.41) is 2.81. The molecule has 0 aliphatic carbocycles. The number of carbonyl (C=O) groups excluding carboxylic acids is 1. The predicted octanol–water partition coefficient (Wildman–Crippen LogP) is 3.50. The number of sulfonamides is 1. The number of para-hydroxylation sites is 1. The first-order valence-electron chi connectivity index (χ1n) is 8.61. The summed E-state index contributed by atoms with van der Waals surface area (Å²) in [6, 6.07) is 13.5. The molecule has 0 aliphatic rings. The van der Waals surface area contributed by atoms with Gasteiger partial charge in [0.25, 0.3) is 5.91 Å². The maximum atomic E-state index is 12.1. The molecule has 0 aliphatic heterocycles. The number of rotatable bonds is 10. The van der Waals surface area contributed by atoms with Gasteiger partial charge in [-0.2, -0.15) is 0 Å². The van der Waals surface area contributed by atoms with E-state index >= 15 is 0 Å². The molecule has 8 heteroatoms. The van der Waals surface area contributed by atoms with Gasteiger partial charge in [-0.3, -0.25) is 4.79 Å². The van der Waals surface area contributed by atoms with Crippen molar-refractivity contribution in [2.75, 3.05) is 24.7 Å². The lowest BCUT2D eigenvalue weighted by molar-refractivity contribution is -0.118. The van der Waals surface area contributed by atoms with Crippen LogP contribution in [0.25, 0.3) is 0 Å². The van der Waals surface area contributed by atoms with Crippen LogP contribution in [0, 0.1) is 0 Å². The first-order valence-corrected chi connectivity index (χ1v) is 11.3. The molecule has 1 amide bonds. The zero-order valence-electron chi connectivity index (χ0n) is 15.4. The van der Waals surface area contributed by atoms with Gasteiger partial charge in [-0.25, -0.2) is 13.1 Å². The normalized spacial score (nSPS) is 11.2. The van der Waals surface area contributed by atoms with Crippen molar-refractivity contribution in [3.63, 3.8) is 0 Å². The van der Waals surface area contributed by atoms with Crippen molar-refractivity contribution >= 4 is 33.4 Å². The molecule has 0 aromatic heterocycles. The Morgan fingerprint density at radius 2 is 1.81 bits per heavy atom. The fourth-order valence-electron chi connectivity index (χ4n) is 2.26.